The fourth-order valence-electron chi connectivity index (χ4n) is 2.33. The summed E-state index contributed by atoms with van der Waals surface area (Å²) in [6.07, 6.45) is 2.18. The number of H-pyrrole nitrogens is 1. The van der Waals surface area contributed by atoms with E-state index in [0.29, 0.717) is 18.7 Å². The predicted molar refractivity (Wildman–Crippen MR) is 74.4 cm³/mol. The van der Waals surface area contributed by atoms with E-state index in [1.54, 1.807) is 31.5 Å². The normalized spacial score (nSPS) is 17.6. The van der Waals surface area contributed by atoms with Gasteiger partial charge in [0.15, 0.2) is 0 Å². The van der Waals surface area contributed by atoms with Crippen LogP contribution in [0.5, 0.6) is 5.75 Å². The summed E-state index contributed by atoms with van der Waals surface area (Å²) >= 11 is 0. The second-order valence-corrected chi connectivity index (χ2v) is 4.93. The maximum atomic E-state index is 12.2. The van der Waals surface area contributed by atoms with E-state index < -0.39 is 0 Å². The van der Waals surface area contributed by atoms with Crippen LogP contribution in [0.15, 0.2) is 24.5 Å². The molecule has 0 spiro atoms. The van der Waals surface area contributed by atoms with E-state index in [-0.39, 0.29) is 17.7 Å². The molecule has 0 fully saturated rings. The summed E-state index contributed by atoms with van der Waals surface area (Å²) < 4.78 is 0. The summed E-state index contributed by atoms with van der Waals surface area (Å²) in [5.74, 6) is -0.0586. The molecule has 2 heterocycles. The number of aromatic hydroxyl groups is 1. The third kappa shape index (κ3) is 2.25. The number of imidazole rings is 1. The minimum Gasteiger partial charge on any atom is -0.505 e. The van der Waals surface area contributed by atoms with Gasteiger partial charge in [-0.25, -0.2) is 4.98 Å². The number of amides is 1. The lowest BCUT2D eigenvalue weighted by Gasteiger charge is -2.22. The van der Waals surface area contributed by atoms with E-state index in [4.69, 9.17) is 0 Å². The molecule has 0 radical (unpaired) electrons. The molecule has 1 aliphatic rings. The Morgan fingerprint density at radius 3 is 3.20 bits per heavy atom. The van der Waals surface area contributed by atoms with E-state index >= 15 is 0 Å². The van der Waals surface area contributed by atoms with Crippen LogP contribution >= 0.6 is 0 Å². The zero-order chi connectivity index (χ0) is 14.1. The number of fused-ring (bicyclic) bond motifs is 1. The van der Waals surface area contributed by atoms with Gasteiger partial charge >= 0.3 is 0 Å². The van der Waals surface area contributed by atoms with Gasteiger partial charge in [0.1, 0.15) is 5.75 Å². The number of carbonyl (C=O) groups excluding carboxylic acids is 1. The molecule has 0 aliphatic carbocycles. The van der Waals surface area contributed by atoms with Crippen LogP contribution in [0.25, 0.3) is 0 Å². The Morgan fingerprint density at radius 1 is 1.50 bits per heavy atom. The molecule has 20 heavy (non-hydrogen) atoms. The Kier molecular flexibility index (Phi) is 3.15. The highest BCUT2D eigenvalue weighted by atomic mass is 16.3. The van der Waals surface area contributed by atoms with Crippen LogP contribution in [-0.4, -0.2) is 27.0 Å². The molecule has 2 aromatic rings. The first-order valence-electron chi connectivity index (χ1n) is 6.49. The smallest absolute Gasteiger partial charge is 0.242 e. The number of para-hydroxylation sites is 1. The summed E-state index contributed by atoms with van der Waals surface area (Å²) in [7, 11) is 0. The number of rotatable bonds is 2. The number of hydrogen-bond donors (Lipinski definition) is 4. The van der Waals surface area contributed by atoms with Crippen LogP contribution in [0.3, 0.4) is 0 Å². The molecule has 0 saturated heterocycles. The van der Waals surface area contributed by atoms with Crippen LogP contribution < -0.4 is 10.6 Å². The molecule has 1 aromatic heterocycles. The summed E-state index contributed by atoms with van der Waals surface area (Å²) in [4.78, 5) is 19.5. The Hall–Kier alpha value is -2.34. The van der Waals surface area contributed by atoms with Gasteiger partial charge in [0.25, 0.3) is 0 Å². The molecule has 6 heteroatoms. The number of hydrogen-bond acceptors (Lipinski definition) is 4. The van der Waals surface area contributed by atoms with Gasteiger partial charge in [-0.1, -0.05) is 12.1 Å². The van der Waals surface area contributed by atoms with E-state index in [1.807, 2.05) is 0 Å². The van der Waals surface area contributed by atoms with Gasteiger partial charge in [-0.3, -0.25) is 10.1 Å². The molecule has 6 nitrogen and oxygen atoms in total. The molecular weight excluding hydrogens is 256 g/mol. The first-order chi connectivity index (χ1) is 9.65. The Labute approximate surface area is 116 Å². The van der Waals surface area contributed by atoms with Gasteiger partial charge in [-0.2, -0.15) is 0 Å². The predicted octanol–water partition coefficient (Wildman–Crippen LogP) is 1.08. The lowest BCUT2D eigenvalue weighted by Crippen LogP contribution is -2.44. The number of aryl methyl sites for hydroxylation is 1. The molecule has 1 atom stereocenters. The molecule has 104 valence electrons. The number of phenolic OH excluding ortho intramolecular Hbond substituents is 1. The van der Waals surface area contributed by atoms with Crippen LogP contribution in [0.2, 0.25) is 0 Å². The third-order valence-corrected chi connectivity index (χ3v) is 3.54. The SMILES string of the molecule is Cc1cccc(NC(=O)C2Cc3nc[nH]c3CN2)c1O. The number of aromatic nitrogens is 2. The number of anilines is 1. The highest BCUT2D eigenvalue weighted by Gasteiger charge is 2.26. The minimum atomic E-state index is -0.342. The van der Waals surface area contributed by atoms with Crippen molar-refractivity contribution < 1.29 is 9.90 Å². The Bertz CT molecular complexity index is 650. The van der Waals surface area contributed by atoms with Crippen molar-refractivity contribution in [1.82, 2.24) is 15.3 Å². The summed E-state index contributed by atoms with van der Waals surface area (Å²) in [5, 5.41) is 15.8. The van der Waals surface area contributed by atoms with E-state index in [2.05, 4.69) is 20.6 Å². The van der Waals surface area contributed by atoms with Crippen LogP contribution in [0, 0.1) is 6.92 Å². The quantitative estimate of drug-likeness (QED) is 0.616. The fraction of sp³-hybridized carbons (Fsp3) is 0.286. The topological polar surface area (TPSA) is 90.0 Å². The molecule has 1 amide bonds. The Morgan fingerprint density at radius 2 is 2.35 bits per heavy atom. The third-order valence-electron chi connectivity index (χ3n) is 3.54. The van der Waals surface area contributed by atoms with Crippen molar-refractivity contribution in [3.8, 4) is 5.75 Å². The van der Waals surface area contributed by atoms with Crippen molar-refractivity contribution in [3.63, 3.8) is 0 Å². The number of aromatic amines is 1. The van der Waals surface area contributed by atoms with Gasteiger partial charge in [0.2, 0.25) is 5.91 Å². The van der Waals surface area contributed by atoms with E-state index in [0.717, 1.165) is 17.0 Å². The van der Waals surface area contributed by atoms with Gasteiger partial charge in [-0.05, 0) is 18.6 Å². The van der Waals surface area contributed by atoms with E-state index in [9.17, 15) is 9.90 Å². The largest absolute Gasteiger partial charge is 0.505 e. The van der Waals surface area contributed by atoms with E-state index in [1.165, 1.54) is 0 Å². The lowest BCUT2D eigenvalue weighted by molar-refractivity contribution is -0.118. The van der Waals surface area contributed by atoms with Crippen LogP contribution in [0.1, 0.15) is 17.0 Å². The first kappa shape index (κ1) is 12.7. The fourth-order valence-corrected chi connectivity index (χ4v) is 2.33. The number of benzene rings is 1. The van der Waals surface area contributed by atoms with Crippen molar-refractivity contribution in [2.75, 3.05) is 5.32 Å². The standard InChI is InChI=1S/C14H16N4O2/c1-8-3-2-4-9(13(8)19)18-14(20)11-5-10-12(6-15-11)17-7-16-10/h2-4,7,11,15,19H,5-6H2,1H3,(H,16,17)(H,18,20). The second kappa shape index (κ2) is 4.97. The lowest BCUT2D eigenvalue weighted by atomic mass is 10.0. The zero-order valence-electron chi connectivity index (χ0n) is 11.1. The molecule has 3 rings (SSSR count). The molecule has 0 bridgehead atoms. The van der Waals surface area contributed by atoms with Gasteiger partial charge in [0, 0.05) is 13.0 Å². The summed E-state index contributed by atoms with van der Waals surface area (Å²) in [5.41, 5.74) is 3.10. The minimum absolute atomic E-state index is 0.108. The number of nitrogens with zero attached hydrogens (tertiary/aromatic N) is 1. The summed E-state index contributed by atoms with van der Waals surface area (Å²) in [6, 6.07) is 4.93. The molecule has 0 saturated carbocycles. The van der Waals surface area contributed by atoms with Gasteiger partial charge < -0.3 is 15.4 Å². The van der Waals surface area contributed by atoms with Crippen LogP contribution in [-0.2, 0) is 17.8 Å². The maximum Gasteiger partial charge on any atom is 0.242 e. The van der Waals surface area contributed by atoms with Crippen molar-refractivity contribution in [3.05, 3.63) is 41.5 Å². The average Bonchev–Trinajstić information content (AvgIpc) is 2.91. The molecule has 1 aliphatic heterocycles. The van der Waals surface area contributed by atoms with Crippen molar-refractivity contribution in [2.24, 2.45) is 0 Å². The number of carbonyl (C=O) groups is 1. The van der Waals surface area contributed by atoms with Crippen LogP contribution in [0.4, 0.5) is 5.69 Å². The molecular formula is C14H16N4O2. The van der Waals surface area contributed by atoms with Crippen molar-refractivity contribution >= 4 is 11.6 Å². The molecule has 1 aromatic carbocycles. The summed E-state index contributed by atoms with van der Waals surface area (Å²) in [6.45, 7) is 2.38. The first-order valence-corrected chi connectivity index (χ1v) is 6.49. The maximum absolute atomic E-state index is 12.2. The Balaban J connectivity index is 1.73. The van der Waals surface area contributed by atoms with Crippen molar-refractivity contribution in [1.29, 1.82) is 0 Å². The molecule has 1 unspecified atom stereocenters. The number of phenols is 1. The average molecular weight is 272 g/mol. The zero-order valence-corrected chi connectivity index (χ0v) is 11.1. The molecule has 4 N–H and O–H groups in total. The van der Waals surface area contributed by atoms with Gasteiger partial charge in [0.05, 0.1) is 29.4 Å². The second-order valence-electron chi connectivity index (χ2n) is 4.93. The highest BCUT2D eigenvalue weighted by Crippen LogP contribution is 2.26. The van der Waals surface area contributed by atoms with Gasteiger partial charge in [-0.15, -0.1) is 0 Å². The monoisotopic (exact) mass is 272 g/mol. The highest BCUT2D eigenvalue weighted by molar-refractivity contribution is 5.96. The number of nitrogens with one attached hydrogen (secondary N) is 3. The van der Waals surface area contributed by atoms with Crippen molar-refractivity contribution in [2.45, 2.75) is 25.9 Å².